The lowest BCUT2D eigenvalue weighted by molar-refractivity contribution is 0.0940. The minimum Gasteiger partial charge on any atom is -0.348 e. The molecule has 8 nitrogen and oxygen atoms in total. The largest absolute Gasteiger partial charge is 0.348 e. The van der Waals surface area contributed by atoms with Crippen molar-refractivity contribution in [1.29, 1.82) is 0 Å². The van der Waals surface area contributed by atoms with Crippen LogP contribution in [0, 0.1) is 6.92 Å². The number of benzene rings is 1. The minimum absolute atomic E-state index is 0.0276. The SMILES string of the molecule is Cc1cnc(CNS(=O)(=O)c2cccc(C(=O)N[C@@H]3CCNC3)c2)cn1. The Kier molecular flexibility index (Phi) is 5.60. The quantitative estimate of drug-likeness (QED) is 0.672. The number of carbonyl (C=O) groups excluding carboxylic acids is 1. The standard InChI is InChI=1S/C17H21N5O3S/c1-12-8-20-15(10-19-12)11-21-26(24,25)16-4-2-3-13(7-16)17(23)22-14-5-6-18-9-14/h2-4,7-8,10,14,18,21H,5-6,9,11H2,1H3,(H,22,23)/t14-/m1/s1. The summed E-state index contributed by atoms with van der Waals surface area (Å²) in [4.78, 5) is 20.6. The predicted octanol–water partition coefficient (Wildman–Crippen LogP) is 0.355. The van der Waals surface area contributed by atoms with Gasteiger partial charge in [-0.1, -0.05) is 6.07 Å². The van der Waals surface area contributed by atoms with Gasteiger partial charge >= 0.3 is 0 Å². The van der Waals surface area contributed by atoms with E-state index in [4.69, 9.17) is 0 Å². The number of carbonyl (C=O) groups is 1. The molecule has 1 aliphatic rings. The normalized spacial score (nSPS) is 17.2. The molecule has 3 rings (SSSR count). The van der Waals surface area contributed by atoms with Gasteiger partial charge in [-0.25, -0.2) is 13.1 Å². The summed E-state index contributed by atoms with van der Waals surface area (Å²) in [5, 5.41) is 6.07. The molecule has 1 fully saturated rings. The fourth-order valence-electron chi connectivity index (χ4n) is 2.61. The van der Waals surface area contributed by atoms with E-state index >= 15 is 0 Å². The number of rotatable bonds is 6. The van der Waals surface area contributed by atoms with Crippen LogP contribution in [0.2, 0.25) is 0 Å². The van der Waals surface area contributed by atoms with E-state index in [1.54, 1.807) is 25.3 Å². The Morgan fingerprint density at radius 1 is 1.31 bits per heavy atom. The number of sulfonamides is 1. The van der Waals surface area contributed by atoms with Crippen LogP contribution in [0.3, 0.4) is 0 Å². The lowest BCUT2D eigenvalue weighted by Crippen LogP contribution is -2.36. The first kappa shape index (κ1) is 18.4. The zero-order valence-electron chi connectivity index (χ0n) is 14.4. The number of amides is 1. The number of aryl methyl sites for hydroxylation is 1. The van der Waals surface area contributed by atoms with Crippen molar-refractivity contribution in [2.24, 2.45) is 0 Å². The molecule has 138 valence electrons. The molecule has 1 aromatic carbocycles. The minimum atomic E-state index is -3.76. The van der Waals surface area contributed by atoms with E-state index in [0.29, 0.717) is 11.3 Å². The van der Waals surface area contributed by atoms with Gasteiger partial charge in [0, 0.05) is 24.3 Å². The third-order valence-corrected chi connectivity index (χ3v) is 5.48. The van der Waals surface area contributed by atoms with Gasteiger partial charge in [-0.15, -0.1) is 0 Å². The Morgan fingerprint density at radius 3 is 2.85 bits per heavy atom. The summed E-state index contributed by atoms with van der Waals surface area (Å²) in [6, 6.07) is 6.06. The summed E-state index contributed by atoms with van der Waals surface area (Å²) in [6.45, 7) is 3.42. The van der Waals surface area contributed by atoms with Crippen LogP contribution in [-0.4, -0.2) is 43.4 Å². The van der Waals surface area contributed by atoms with Crippen LogP contribution in [0.4, 0.5) is 0 Å². The second kappa shape index (κ2) is 7.90. The van der Waals surface area contributed by atoms with Crippen molar-refractivity contribution >= 4 is 15.9 Å². The van der Waals surface area contributed by atoms with Crippen LogP contribution in [0.25, 0.3) is 0 Å². The van der Waals surface area contributed by atoms with Crippen LogP contribution in [-0.2, 0) is 16.6 Å². The maximum atomic E-state index is 12.5. The second-order valence-electron chi connectivity index (χ2n) is 6.16. The van der Waals surface area contributed by atoms with Crippen molar-refractivity contribution in [3.63, 3.8) is 0 Å². The van der Waals surface area contributed by atoms with E-state index in [2.05, 4.69) is 25.3 Å². The molecule has 1 atom stereocenters. The van der Waals surface area contributed by atoms with Crippen molar-refractivity contribution in [3.05, 3.63) is 53.6 Å². The number of nitrogens with one attached hydrogen (secondary N) is 3. The third kappa shape index (κ3) is 4.63. The van der Waals surface area contributed by atoms with Gasteiger partial charge in [0.15, 0.2) is 0 Å². The summed E-state index contributed by atoms with van der Waals surface area (Å²) >= 11 is 0. The van der Waals surface area contributed by atoms with Crippen LogP contribution >= 0.6 is 0 Å². The smallest absolute Gasteiger partial charge is 0.251 e. The number of hydrogen-bond acceptors (Lipinski definition) is 6. The van der Waals surface area contributed by atoms with Crippen molar-refractivity contribution in [1.82, 2.24) is 25.3 Å². The highest BCUT2D eigenvalue weighted by Crippen LogP contribution is 2.13. The Balaban J connectivity index is 1.69. The molecule has 1 aliphatic heterocycles. The average Bonchev–Trinajstić information content (AvgIpc) is 3.14. The van der Waals surface area contributed by atoms with Crippen LogP contribution in [0.5, 0.6) is 0 Å². The van der Waals surface area contributed by atoms with Crippen molar-refractivity contribution in [3.8, 4) is 0 Å². The summed E-state index contributed by atoms with van der Waals surface area (Å²) in [5.74, 6) is -0.278. The molecule has 26 heavy (non-hydrogen) atoms. The molecule has 0 bridgehead atoms. The molecular formula is C17H21N5O3S. The fraction of sp³-hybridized carbons (Fsp3) is 0.353. The Hall–Kier alpha value is -2.36. The van der Waals surface area contributed by atoms with E-state index in [-0.39, 0.29) is 23.4 Å². The molecule has 0 spiro atoms. The van der Waals surface area contributed by atoms with Crippen LogP contribution < -0.4 is 15.4 Å². The summed E-state index contributed by atoms with van der Waals surface area (Å²) in [7, 11) is -3.76. The van der Waals surface area contributed by atoms with E-state index in [1.807, 2.05) is 0 Å². The van der Waals surface area contributed by atoms with Gasteiger partial charge < -0.3 is 10.6 Å². The summed E-state index contributed by atoms with van der Waals surface area (Å²) in [6.07, 6.45) is 3.96. The fourth-order valence-corrected chi connectivity index (χ4v) is 3.66. The van der Waals surface area contributed by atoms with Gasteiger partial charge in [0.2, 0.25) is 10.0 Å². The van der Waals surface area contributed by atoms with Gasteiger partial charge in [0.25, 0.3) is 5.91 Å². The first-order valence-electron chi connectivity index (χ1n) is 8.33. The Labute approximate surface area is 152 Å². The maximum absolute atomic E-state index is 12.5. The monoisotopic (exact) mass is 375 g/mol. The van der Waals surface area contributed by atoms with Crippen molar-refractivity contribution < 1.29 is 13.2 Å². The van der Waals surface area contributed by atoms with E-state index in [9.17, 15) is 13.2 Å². The van der Waals surface area contributed by atoms with Gasteiger partial charge in [-0.2, -0.15) is 0 Å². The first-order valence-corrected chi connectivity index (χ1v) is 9.81. The summed E-state index contributed by atoms with van der Waals surface area (Å²) < 4.78 is 27.5. The number of nitrogens with zero attached hydrogens (tertiary/aromatic N) is 2. The topological polar surface area (TPSA) is 113 Å². The van der Waals surface area contributed by atoms with Gasteiger partial charge in [0.05, 0.1) is 29.0 Å². The van der Waals surface area contributed by atoms with Gasteiger partial charge in [0.1, 0.15) is 0 Å². The summed E-state index contributed by atoms with van der Waals surface area (Å²) in [5.41, 5.74) is 1.59. The number of hydrogen-bond donors (Lipinski definition) is 3. The molecular weight excluding hydrogens is 354 g/mol. The lowest BCUT2D eigenvalue weighted by Gasteiger charge is -2.12. The number of aromatic nitrogens is 2. The molecule has 2 heterocycles. The average molecular weight is 375 g/mol. The lowest BCUT2D eigenvalue weighted by atomic mass is 10.2. The highest BCUT2D eigenvalue weighted by atomic mass is 32.2. The molecule has 2 aromatic rings. The van der Waals surface area contributed by atoms with E-state index in [0.717, 1.165) is 25.2 Å². The maximum Gasteiger partial charge on any atom is 0.251 e. The molecule has 1 amide bonds. The zero-order valence-corrected chi connectivity index (χ0v) is 15.2. The second-order valence-corrected chi connectivity index (χ2v) is 7.93. The van der Waals surface area contributed by atoms with E-state index < -0.39 is 10.0 Å². The molecule has 0 aliphatic carbocycles. The van der Waals surface area contributed by atoms with E-state index in [1.165, 1.54) is 18.3 Å². The molecule has 3 N–H and O–H groups in total. The Bertz CT molecular complexity index is 878. The van der Waals surface area contributed by atoms with Gasteiger partial charge in [-0.05, 0) is 38.1 Å². The molecule has 1 aromatic heterocycles. The molecule has 9 heteroatoms. The molecule has 0 saturated carbocycles. The third-order valence-electron chi connectivity index (χ3n) is 4.08. The zero-order chi connectivity index (χ0) is 18.6. The highest BCUT2D eigenvalue weighted by molar-refractivity contribution is 7.89. The van der Waals surface area contributed by atoms with Crippen molar-refractivity contribution in [2.45, 2.75) is 30.8 Å². The van der Waals surface area contributed by atoms with Crippen LogP contribution in [0.1, 0.15) is 28.2 Å². The van der Waals surface area contributed by atoms with Crippen molar-refractivity contribution in [2.75, 3.05) is 13.1 Å². The molecule has 1 saturated heterocycles. The van der Waals surface area contributed by atoms with Crippen LogP contribution in [0.15, 0.2) is 41.6 Å². The Morgan fingerprint density at radius 2 is 2.15 bits per heavy atom. The molecule has 0 unspecified atom stereocenters. The molecule has 0 radical (unpaired) electrons. The predicted molar refractivity (Wildman–Crippen MR) is 96.0 cm³/mol. The highest BCUT2D eigenvalue weighted by Gasteiger charge is 2.20. The van der Waals surface area contributed by atoms with Gasteiger partial charge in [-0.3, -0.25) is 14.8 Å². The first-order chi connectivity index (χ1) is 12.4.